The van der Waals surface area contributed by atoms with Crippen molar-refractivity contribution >= 4 is 63.7 Å². The number of rotatable bonds is 6. The molecule has 2 amide bonds. The van der Waals surface area contributed by atoms with Crippen LogP contribution in [-0.2, 0) is 0 Å². The van der Waals surface area contributed by atoms with Crippen molar-refractivity contribution in [2.45, 2.75) is 18.9 Å². The Hall–Kier alpha value is -3.34. The molecule has 0 spiro atoms. The van der Waals surface area contributed by atoms with Crippen molar-refractivity contribution in [3.05, 3.63) is 85.4 Å². The highest BCUT2D eigenvalue weighted by Gasteiger charge is 2.37. The summed E-state index contributed by atoms with van der Waals surface area (Å²) in [7, 11) is 1.30. The average Bonchev–Trinajstić information content (AvgIpc) is 3.17. The maximum absolute atomic E-state index is 14.1. The third-order valence-corrected chi connectivity index (χ3v) is 6.40. The third kappa shape index (κ3) is 5.36. The van der Waals surface area contributed by atoms with E-state index in [1.165, 1.54) is 31.3 Å². The summed E-state index contributed by atoms with van der Waals surface area (Å²) in [4.78, 5) is 33.9. The smallest absolute Gasteiger partial charge is 0.255 e. The summed E-state index contributed by atoms with van der Waals surface area (Å²) in [6.07, 6.45) is -3.50. The highest BCUT2D eigenvalue weighted by Crippen LogP contribution is 2.43. The van der Waals surface area contributed by atoms with Crippen LogP contribution in [0.5, 0.6) is 0 Å². The number of alkyl halides is 2. The van der Waals surface area contributed by atoms with Crippen LogP contribution in [-0.4, -0.2) is 36.0 Å². The summed E-state index contributed by atoms with van der Waals surface area (Å²) in [5.74, 6) is -1.98. The zero-order chi connectivity index (χ0) is 27.0. The van der Waals surface area contributed by atoms with Crippen molar-refractivity contribution in [3.63, 3.8) is 0 Å². The Kier molecular flexibility index (Phi) is 7.63. The van der Waals surface area contributed by atoms with Crippen molar-refractivity contribution < 1.29 is 22.8 Å². The van der Waals surface area contributed by atoms with Gasteiger partial charge in [-0.2, -0.15) is 0 Å². The lowest BCUT2D eigenvalue weighted by molar-refractivity contribution is 0.0960. The molecule has 7 nitrogen and oxygen atoms in total. The fraction of sp³-hybridized carbons (Fsp3) is 0.167. The SMILES string of the molecule is CN=C(CC(F)F)c1cc(NC(=O)c2cc(Cl)nc(Cl)c2)c2c(c1N)C(=O)NC2c1cc(F)ccc1Cl. The number of halogens is 6. The van der Waals surface area contributed by atoms with Gasteiger partial charge in [-0.1, -0.05) is 34.8 Å². The minimum atomic E-state index is -2.75. The van der Waals surface area contributed by atoms with E-state index < -0.39 is 36.5 Å². The molecule has 0 saturated heterocycles. The number of aromatic nitrogens is 1. The molecule has 13 heteroatoms. The number of pyridine rings is 1. The monoisotopic (exact) mass is 569 g/mol. The van der Waals surface area contributed by atoms with Gasteiger partial charge >= 0.3 is 0 Å². The number of nitrogens with zero attached hydrogens (tertiary/aromatic N) is 2. The molecule has 2 aromatic carbocycles. The maximum atomic E-state index is 14.1. The molecule has 1 aromatic heterocycles. The van der Waals surface area contributed by atoms with E-state index in [0.29, 0.717) is 0 Å². The standard InChI is InChI=1S/C24H17Cl3F3N5O2/c1-32-14(8-18(29)30)12-7-15(33-23(36)9-4-16(26)34-17(27)5-9)19-20(21(12)31)24(37)35-22(19)11-6-10(28)2-3-13(11)25/h2-7,18,22H,8,31H2,1H3,(H,33,36)(H,35,37). The highest BCUT2D eigenvalue weighted by molar-refractivity contribution is 6.33. The minimum Gasteiger partial charge on any atom is -0.398 e. The average molecular weight is 571 g/mol. The molecule has 0 fully saturated rings. The van der Waals surface area contributed by atoms with Crippen LogP contribution in [0.3, 0.4) is 0 Å². The summed E-state index contributed by atoms with van der Waals surface area (Å²) in [5, 5.41) is 5.39. The van der Waals surface area contributed by atoms with E-state index in [2.05, 4.69) is 20.6 Å². The van der Waals surface area contributed by atoms with Gasteiger partial charge in [0.15, 0.2) is 0 Å². The fourth-order valence-corrected chi connectivity index (χ4v) is 4.79. The van der Waals surface area contributed by atoms with Crippen molar-refractivity contribution in [1.82, 2.24) is 10.3 Å². The van der Waals surface area contributed by atoms with E-state index in [9.17, 15) is 22.8 Å². The fourth-order valence-electron chi connectivity index (χ4n) is 4.10. The van der Waals surface area contributed by atoms with Crippen molar-refractivity contribution in [2.75, 3.05) is 18.1 Å². The molecule has 1 unspecified atom stereocenters. The molecule has 4 N–H and O–H groups in total. The number of aliphatic imine (C=N–C) groups is 1. The van der Waals surface area contributed by atoms with Crippen LogP contribution in [0.15, 0.2) is 41.4 Å². The van der Waals surface area contributed by atoms with Gasteiger partial charge in [0.1, 0.15) is 16.1 Å². The van der Waals surface area contributed by atoms with E-state index in [-0.39, 0.29) is 60.2 Å². The number of nitrogen functional groups attached to an aromatic ring is 1. The van der Waals surface area contributed by atoms with Gasteiger partial charge in [-0.05, 0) is 36.4 Å². The predicted molar refractivity (Wildman–Crippen MR) is 137 cm³/mol. The molecule has 37 heavy (non-hydrogen) atoms. The number of nitrogens with one attached hydrogen (secondary N) is 2. The number of nitrogens with two attached hydrogens (primary N) is 1. The second kappa shape index (κ2) is 10.6. The summed E-state index contributed by atoms with van der Waals surface area (Å²) >= 11 is 18.1. The minimum absolute atomic E-state index is 0.0313. The van der Waals surface area contributed by atoms with Gasteiger partial charge in [0.05, 0.1) is 23.7 Å². The van der Waals surface area contributed by atoms with Crippen LogP contribution >= 0.6 is 34.8 Å². The molecular formula is C24H17Cl3F3N5O2. The van der Waals surface area contributed by atoms with Crippen molar-refractivity contribution in [2.24, 2.45) is 4.99 Å². The number of anilines is 2. The number of amides is 2. The molecule has 1 atom stereocenters. The number of benzene rings is 2. The van der Waals surface area contributed by atoms with E-state index in [1.54, 1.807) is 0 Å². The number of carbonyl (C=O) groups excluding carboxylic acids is 2. The molecule has 0 radical (unpaired) electrons. The van der Waals surface area contributed by atoms with Gasteiger partial charge in [-0.3, -0.25) is 14.6 Å². The molecule has 0 aliphatic carbocycles. The van der Waals surface area contributed by atoms with Gasteiger partial charge in [-0.15, -0.1) is 0 Å². The lowest BCUT2D eigenvalue weighted by atomic mass is 9.91. The Morgan fingerprint density at radius 2 is 1.86 bits per heavy atom. The van der Waals surface area contributed by atoms with Crippen LogP contribution in [0.25, 0.3) is 0 Å². The van der Waals surface area contributed by atoms with Crippen LogP contribution in [0.2, 0.25) is 15.3 Å². The number of fused-ring (bicyclic) bond motifs is 1. The molecule has 2 heterocycles. The molecule has 0 saturated carbocycles. The second-order valence-electron chi connectivity index (χ2n) is 7.97. The summed E-state index contributed by atoms with van der Waals surface area (Å²) in [6.45, 7) is 0. The first-order valence-corrected chi connectivity index (χ1v) is 11.7. The molecule has 0 bridgehead atoms. The molecule has 1 aliphatic heterocycles. The zero-order valence-corrected chi connectivity index (χ0v) is 21.1. The zero-order valence-electron chi connectivity index (χ0n) is 18.9. The third-order valence-electron chi connectivity index (χ3n) is 5.67. The van der Waals surface area contributed by atoms with Gasteiger partial charge in [0, 0.05) is 45.7 Å². The topological polar surface area (TPSA) is 109 Å². The van der Waals surface area contributed by atoms with Crippen molar-refractivity contribution in [3.8, 4) is 0 Å². The van der Waals surface area contributed by atoms with E-state index in [0.717, 1.165) is 12.1 Å². The van der Waals surface area contributed by atoms with Gasteiger partial charge in [0.2, 0.25) is 6.43 Å². The number of carbonyl (C=O) groups is 2. The molecule has 3 aromatic rings. The molecule has 1 aliphatic rings. The van der Waals surface area contributed by atoms with Gasteiger partial charge < -0.3 is 16.4 Å². The Labute approximate surface area is 223 Å². The Morgan fingerprint density at radius 3 is 2.49 bits per heavy atom. The Morgan fingerprint density at radius 1 is 1.19 bits per heavy atom. The van der Waals surface area contributed by atoms with Crippen LogP contribution < -0.4 is 16.4 Å². The van der Waals surface area contributed by atoms with E-state index in [4.69, 9.17) is 40.5 Å². The summed E-state index contributed by atoms with van der Waals surface area (Å²) in [6, 6.07) is 6.45. The van der Waals surface area contributed by atoms with E-state index >= 15 is 0 Å². The highest BCUT2D eigenvalue weighted by atomic mass is 35.5. The summed E-state index contributed by atoms with van der Waals surface area (Å²) < 4.78 is 40.6. The van der Waals surface area contributed by atoms with E-state index in [1.807, 2.05) is 0 Å². The van der Waals surface area contributed by atoms with Crippen LogP contribution in [0.1, 0.15) is 49.9 Å². The van der Waals surface area contributed by atoms with Crippen LogP contribution in [0, 0.1) is 5.82 Å². The summed E-state index contributed by atoms with van der Waals surface area (Å²) in [5.41, 5.74) is 6.46. The first kappa shape index (κ1) is 26.7. The van der Waals surface area contributed by atoms with Crippen molar-refractivity contribution in [1.29, 1.82) is 0 Å². The quantitative estimate of drug-likeness (QED) is 0.194. The normalized spacial score (nSPS) is 15.1. The predicted octanol–water partition coefficient (Wildman–Crippen LogP) is 5.92. The molecule has 192 valence electrons. The number of hydrogen-bond acceptors (Lipinski definition) is 5. The van der Waals surface area contributed by atoms with Gasteiger partial charge in [-0.25, -0.2) is 18.2 Å². The molecule has 4 rings (SSSR count). The van der Waals surface area contributed by atoms with Crippen LogP contribution in [0.4, 0.5) is 24.5 Å². The first-order valence-electron chi connectivity index (χ1n) is 10.6. The molecular weight excluding hydrogens is 554 g/mol. The largest absolute Gasteiger partial charge is 0.398 e. The maximum Gasteiger partial charge on any atom is 0.255 e. The second-order valence-corrected chi connectivity index (χ2v) is 9.15. The lowest BCUT2D eigenvalue weighted by Crippen LogP contribution is -2.21. The van der Waals surface area contributed by atoms with Gasteiger partial charge in [0.25, 0.3) is 11.8 Å². The number of hydrogen-bond donors (Lipinski definition) is 3. The Bertz CT molecular complexity index is 1450. The first-order chi connectivity index (χ1) is 17.5. The lowest BCUT2D eigenvalue weighted by Gasteiger charge is -2.20. The Balaban J connectivity index is 1.94.